The van der Waals surface area contributed by atoms with Crippen molar-refractivity contribution in [2.45, 2.75) is 46.0 Å². The molecule has 0 spiro atoms. The van der Waals surface area contributed by atoms with E-state index in [-0.39, 0.29) is 0 Å². The first kappa shape index (κ1) is 13.2. The van der Waals surface area contributed by atoms with Crippen molar-refractivity contribution in [2.75, 3.05) is 6.54 Å². The van der Waals surface area contributed by atoms with Gasteiger partial charge in [-0.3, -0.25) is 0 Å². The smallest absolute Gasteiger partial charge is 0.132 e. The summed E-state index contributed by atoms with van der Waals surface area (Å²) in [6.07, 6.45) is 5.83. The van der Waals surface area contributed by atoms with E-state index in [1.165, 1.54) is 19.3 Å². The molecular weight excluding hydrogens is 200 g/mol. The number of hydrogen-bond donors (Lipinski definition) is 1. The molecule has 1 aromatic rings. The van der Waals surface area contributed by atoms with Gasteiger partial charge in [0.15, 0.2) is 0 Å². The van der Waals surface area contributed by atoms with Crippen molar-refractivity contribution < 1.29 is 0 Å². The highest BCUT2D eigenvalue weighted by Crippen LogP contribution is 2.17. The van der Waals surface area contributed by atoms with Crippen LogP contribution in [0.1, 0.15) is 44.3 Å². The van der Waals surface area contributed by atoms with E-state index in [1.807, 2.05) is 14.0 Å². The quantitative estimate of drug-likeness (QED) is 0.768. The largest absolute Gasteiger partial charge is 0.330 e. The molecule has 4 nitrogen and oxygen atoms in total. The highest BCUT2D eigenvalue weighted by atomic mass is 15.3. The monoisotopic (exact) mass is 224 g/mol. The lowest BCUT2D eigenvalue weighted by Crippen LogP contribution is -2.11. The number of aryl methyl sites for hydroxylation is 2. The number of nitrogens with zero attached hydrogens (tertiary/aromatic N) is 3. The summed E-state index contributed by atoms with van der Waals surface area (Å²) in [5.41, 5.74) is 5.63. The van der Waals surface area contributed by atoms with Crippen LogP contribution in [0.2, 0.25) is 0 Å². The Morgan fingerprint density at radius 2 is 2.00 bits per heavy atom. The van der Waals surface area contributed by atoms with Crippen molar-refractivity contribution in [3.8, 4) is 0 Å². The lowest BCUT2D eigenvalue weighted by atomic mass is 9.94. The molecule has 0 aliphatic carbocycles. The summed E-state index contributed by atoms with van der Waals surface area (Å²) in [4.78, 5) is 0. The Kier molecular flexibility index (Phi) is 5.46. The molecule has 0 fully saturated rings. The predicted molar refractivity (Wildman–Crippen MR) is 66.1 cm³/mol. The van der Waals surface area contributed by atoms with Crippen molar-refractivity contribution in [1.29, 1.82) is 0 Å². The van der Waals surface area contributed by atoms with Crippen LogP contribution in [0, 0.1) is 12.8 Å². The summed E-state index contributed by atoms with van der Waals surface area (Å²) in [7, 11) is 2.03. The van der Waals surface area contributed by atoms with Crippen LogP contribution in [0.3, 0.4) is 0 Å². The van der Waals surface area contributed by atoms with Gasteiger partial charge in [-0.1, -0.05) is 19.8 Å². The van der Waals surface area contributed by atoms with Crippen LogP contribution in [0.5, 0.6) is 0 Å². The number of rotatable bonds is 7. The van der Waals surface area contributed by atoms with Gasteiger partial charge < -0.3 is 10.3 Å². The van der Waals surface area contributed by atoms with Crippen LogP contribution in [0.4, 0.5) is 0 Å². The minimum Gasteiger partial charge on any atom is -0.330 e. The number of aromatic nitrogens is 3. The van der Waals surface area contributed by atoms with E-state index in [9.17, 15) is 0 Å². The van der Waals surface area contributed by atoms with E-state index in [1.54, 1.807) is 0 Å². The Balaban J connectivity index is 2.45. The molecule has 0 saturated heterocycles. The zero-order chi connectivity index (χ0) is 12.0. The van der Waals surface area contributed by atoms with Crippen LogP contribution in [0.25, 0.3) is 0 Å². The Bertz CT molecular complexity index is 300. The minimum absolute atomic E-state index is 0.743. The second-order valence-corrected chi connectivity index (χ2v) is 4.49. The highest BCUT2D eigenvalue weighted by Gasteiger charge is 2.10. The number of nitrogens with two attached hydrogens (primary N) is 1. The maximum absolute atomic E-state index is 5.63. The van der Waals surface area contributed by atoms with E-state index in [4.69, 9.17) is 5.73 Å². The Morgan fingerprint density at radius 1 is 1.25 bits per heavy atom. The molecule has 0 saturated carbocycles. The van der Waals surface area contributed by atoms with Gasteiger partial charge in [-0.05, 0) is 32.2 Å². The van der Waals surface area contributed by atoms with E-state index >= 15 is 0 Å². The van der Waals surface area contributed by atoms with Gasteiger partial charge in [-0.15, -0.1) is 10.2 Å². The van der Waals surface area contributed by atoms with Crippen LogP contribution in [0.15, 0.2) is 0 Å². The molecule has 16 heavy (non-hydrogen) atoms. The molecule has 4 heteroatoms. The van der Waals surface area contributed by atoms with Crippen molar-refractivity contribution in [3.05, 3.63) is 11.6 Å². The van der Waals surface area contributed by atoms with Crippen LogP contribution in [-0.4, -0.2) is 21.3 Å². The molecule has 0 radical (unpaired) electrons. The van der Waals surface area contributed by atoms with Crippen molar-refractivity contribution in [3.63, 3.8) is 0 Å². The summed E-state index contributed by atoms with van der Waals surface area (Å²) in [6.45, 7) is 5.01. The maximum Gasteiger partial charge on any atom is 0.132 e. The summed E-state index contributed by atoms with van der Waals surface area (Å²) in [5.74, 6) is 2.82. The van der Waals surface area contributed by atoms with Crippen LogP contribution < -0.4 is 5.73 Å². The molecule has 0 aliphatic rings. The van der Waals surface area contributed by atoms with Gasteiger partial charge in [0, 0.05) is 13.5 Å². The standard InChI is InChI=1S/C12H24N4/c1-4-5-11(8-9-13)6-7-12-15-14-10(2)16(12)3/h11H,4-9,13H2,1-3H3. The van der Waals surface area contributed by atoms with Crippen LogP contribution >= 0.6 is 0 Å². The fourth-order valence-corrected chi connectivity index (χ4v) is 2.08. The van der Waals surface area contributed by atoms with Gasteiger partial charge in [-0.25, -0.2) is 0 Å². The molecule has 1 heterocycles. The predicted octanol–water partition coefficient (Wildman–Crippen LogP) is 1.82. The normalized spacial score (nSPS) is 13.0. The van der Waals surface area contributed by atoms with E-state index < -0.39 is 0 Å². The SMILES string of the molecule is CCCC(CCN)CCc1nnc(C)n1C. The van der Waals surface area contributed by atoms with E-state index in [0.29, 0.717) is 0 Å². The average Bonchev–Trinajstić information content (AvgIpc) is 2.58. The van der Waals surface area contributed by atoms with Crippen LogP contribution in [-0.2, 0) is 13.5 Å². The van der Waals surface area contributed by atoms with Crippen molar-refractivity contribution in [2.24, 2.45) is 18.7 Å². The zero-order valence-electron chi connectivity index (χ0n) is 10.7. The molecule has 0 aromatic carbocycles. The summed E-state index contributed by atoms with van der Waals surface area (Å²) in [6, 6.07) is 0. The lowest BCUT2D eigenvalue weighted by Gasteiger charge is -2.14. The molecule has 2 N–H and O–H groups in total. The zero-order valence-corrected chi connectivity index (χ0v) is 10.7. The summed E-state index contributed by atoms with van der Waals surface area (Å²) >= 11 is 0. The third-order valence-electron chi connectivity index (χ3n) is 3.23. The molecule has 1 atom stereocenters. The van der Waals surface area contributed by atoms with Gasteiger partial charge in [0.1, 0.15) is 11.6 Å². The van der Waals surface area contributed by atoms with Gasteiger partial charge in [-0.2, -0.15) is 0 Å². The third kappa shape index (κ3) is 3.59. The van der Waals surface area contributed by atoms with Crippen molar-refractivity contribution >= 4 is 0 Å². The molecule has 92 valence electrons. The first-order valence-electron chi connectivity index (χ1n) is 6.24. The Morgan fingerprint density at radius 3 is 2.50 bits per heavy atom. The molecule has 1 unspecified atom stereocenters. The second-order valence-electron chi connectivity index (χ2n) is 4.49. The topological polar surface area (TPSA) is 56.7 Å². The Labute approximate surface area is 98.2 Å². The lowest BCUT2D eigenvalue weighted by molar-refractivity contribution is 0.415. The second kappa shape index (κ2) is 6.63. The molecular formula is C12H24N4. The van der Waals surface area contributed by atoms with Gasteiger partial charge >= 0.3 is 0 Å². The van der Waals surface area contributed by atoms with Gasteiger partial charge in [0.2, 0.25) is 0 Å². The van der Waals surface area contributed by atoms with E-state index in [2.05, 4.69) is 21.7 Å². The maximum atomic E-state index is 5.63. The molecule has 0 bridgehead atoms. The molecule has 0 aliphatic heterocycles. The first-order valence-corrected chi connectivity index (χ1v) is 6.24. The fourth-order valence-electron chi connectivity index (χ4n) is 2.08. The van der Waals surface area contributed by atoms with E-state index in [0.717, 1.165) is 37.0 Å². The number of hydrogen-bond acceptors (Lipinski definition) is 3. The highest BCUT2D eigenvalue weighted by molar-refractivity contribution is 4.92. The van der Waals surface area contributed by atoms with Gasteiger partial charge in [0.25, 0.3) is 0 Å². The molecule has 1 rings (SSSR count). The first-order chi connectivity index (χ1) is 7.69. The molecule has 0 amide bonds. The van der Waals surface area contributed by atoms with Gasteiger partial charge in [0.05, 0.1) is 0 Å². The average molecular weight is 224 g/mol. The minimum atomic E-state index is 0.743. The fraction of sp³-hybridized carbons (Fsp3) is 0.833. The third-order valence-corrected chi connectivity index (χ3v) is 3.23. The van der Waals surface area contributed by atoms with Crippen molar-refractivity contribution in [1.82, 2.24) is 14.8 Å². The molecule has 1 aromatic heterocycles. The Hall–Kier alpha value is -0.900. The summed E-state index contributed by atoms with van der Waals surface area (Å²) in [5, 5.41) is 8.26. The summed E-state index contributed by atoms with van der Waals surface area (Å²) < 4.78 is 2.07.